The quantitative estimate of drug-likeness (QED) is 0.0616. The molecule has 0 saturated heterocycles. The molecule has 28 heteroatoms. The molecule has 0 radical (unpaired) electrons. The fourth-order valence-electron chi connectivity index (χ4n) is 6.36. The van der Waals surface area contributed by atoms with Crippen LogP contribution >= 0.6 is 82.6 Å². The number of rotatable bonds is 5. The summed E-state index contributed by atoms with van der Waals surface area (Å²) in [6.07, 6.45) is 10.8. The molecule has 3 aliphatic rings. The molecule has 0 aliphatic carbocycles. The second kappa shape index (κ2) is 34.9. The van der Waals surface area contributed by atoms with Gasteiger partial charge in [-0.15, -0.1) is 0 Å². The molecule has 382 valence electrons. The number of amides is 3. The number of benzene rings is 3. The van der Waals surface area contributed by atoms with Crippen molar-refractivity contribution in [1.82, 2.24) is 45.2 Å². The number of nitrogens with one attached hydrogen (secondary N) is 1. The number of nitrogens with zero attached hydrogens (tertiary/aromatic N) is 10. The van der Waals surface area contributed by atoms with Crippen LogP contribution in [-0.2, 0) is 29.3 Å². The van der Waals surface area contributed by atoms with E-state index in [4.69, 9.17) is 56.1 Å². The van der Waals surface area contributed by atoms with Crippen LogP contribution in [0.4, 0.5) is 16.0 Å². The first-order valence-electron chi connectivity index (χ1n) is 21.3. The summed E-state index contributed by atoms with van der Waals surface area (Å²) in [7, 11) is -1.00. The summed E-state index contributed by atoms with van der Waals surface area (Å²) < 4.78 is 23.9. The molecule has 3 aromatic carbocycles. The summed E-state index contributed by atoms with van der Waals surface area (Å²) in [5.41, 5.74) is 5.15. The maximum Gasteiger partial charge on any atom is 1.00 e. The molecule has 2 N–H and O–H groups in total. The van der Waals surface area contributed by atoms with Gasteiger partial charge in [0, 0.05) is 67.6 Å². The standard InChI is InChI=1S/C17H11BrN4O2.C12H7BrClN3O.C8H6BrNO.C5H5NO.C4H2Cl2N2.CH3F.CH2O3.2K.H/c18-14-5-1-4-12-13(14)10-22(16(12)23)15-6-8-20-17(21-15)24-11-3-2-7-19-9-11;13-9-3-1-2-7-8(9)6-17(11(7)18)10-4-5-15-12(14)16-10;9-7-3-1-2-5-6(7)4-10-8(5)11;7-5-2-1-3-6-4-5;5-3-1-2-7-4(6)8-3;1-2;2-1-4-3;;;/h1-9H,10H2;1-5H,6H2;1-3H,4H2,(H,10,11);1-4,7H;1-2H;1H3;1,3H;;;/q;;;;;;;2*+1;-1/p-1/i;;;;;1D;;;;. The molecule has 0 saturated carbocycles. The van der Waals surface area contributed by atoms with Gasteiger partial charge in [-0.25, -0.2) is 24.9 Å². The molecule has 19 nitrogen and oxygen atoms in total. The van der Waals surface area contributed by atoms with E-state index in [1.54, 1.807) is 77.1 Å². The Kier molecular flexibility index (Phi) is 29.7. The number of ether oxygens (including phenoxy) is 1. The van der Waals surface area contributed by atoms with Crippen LogP contribution in [0.2, 0.25) is 15.7 Å². The first-order chi connectivity index (χ1) is 36.2. The van der Waals surface area contributed by atoms with Crippen LogP contribution in [-0.4, -0.2) is 76.3 Å². The summed E-state index contributed by atoms with van der Waals surface area (Å²) in [5.74, 6) is 1.63. The molecule has 8 heterocycles. The van der Waals surface area contributed by atoms with Crippen LogP contribution in [0.15, 0.2) is 154 Å². The third kappa shape index (κ3) is 19.8. The van der Waals surface area contributed by atoms with E-state index in [2.05, 4.69) is 97.9 Å². The van der Waals surface area contributed by atoms with Gasteiger partial charge in [-0.1, -0.05) is 77.6 Å². The Morgan fingerprint density at radius 1 is 0.684 bits per heavy atom. The monoisotopic (exact) mass is 1330 g/mol. The van der Waals surface area contributed by atoms with Gasteiger partial charge in [-0.05, 0) is 119 Å². The van der Waals surface area contributed by atoms with Crippen LogP contribution < -0.4 is 128 Å². The van der Waals surface area contributed by atoms with E-state index < -0.39 is 7.15 Å². The SMILES string of the molecule is Clc1ccnc(Cl)n1.O=C1NCc2c(Br)cccc21.O=C1c2cccc(Br)c2CN1c1ccnc(Cl)n1.O=C1c2cccc(Br)c2CN1c1ccnc(Oc2cccnc2)n1.O=CO[O-].Oc1cccnc1.[2H]CF.[H-].[K+].[K+]. The molecular weight excluding hydrogens is 1300 g/mol. The molecule has 0 spiro atoms. The van der Waals surface area contributed by atoms with Gasteiger partial charge in [0.15, 0.2) is 0 Å². The van der Waals surface area contributed by atoms with E-state index in [9.17, 15) is 18.8 Å². The molecule has 5 aromatic heterocycles. The van der Waals surface area contributed by atoms with Crippen molar-refractivity contribution >= 4 is 118 Å². The number of pyridine rings is 2. The predicted octanol–water partition coefficient (Wildman–Crippen LogP) is 4.04. The van der Waals surface area contributed by atoms with Crippen LogP contribution in [0.1, 0.15) is 50.6 Å². The minimum atomic E-state index is -1.00. The van der Waals surface area contributed by atoms with Crippen LogP contribution in [0.3, 0.4) is 0 Å². The van der Waals surface area contributed by atoms with E-state index in [0.29, 0.717) is 53.3 Å². The maximum absolute atomic E-state index is 12.6. The Labute approximate surface area is 561 Å². The second-order valence-electron chi connectivity index (χ2n) is 14.0. The molecule has 8 aromatic rings. The van der Waals surface area contributed by atoms with Gasteiger partial charge >= 0.3 is 109 Å². The van der Waals surface area contributed by atoms with Gasteiger partial charge < -0.3 is 26.7 Å². The van der Waals surface area contributed by atoms with E-state index in [0.717, 1.165) is 35.7 Å². The van der Waals surface area contributed by atoms with Crippen LogP contribution in [0.25, 0.3) is 0 Å². The van der Waals surface area contributed by atoms with Crippen molar-refractivity contribution in [2.24, 2.45) is 0 Å². The Balaban J connectivity index is 0.000000340. The molecule has 3 amide bonds. The summed E-state index contributed by atoms with van der Waals surface area (Å²) in [5, 5.41) is 20.4. The Hall–Kier alpha value is -3.85. The number of anilines is 2. The summed E-state index contributed by atoms with van der Waals surface area (Å²) in [6.45, 7) is 1.41. The van der Waals surface area contributed by atoms with Crippen molar-refractivity contribution in [2.75, 3.05) is 17.0 Å². The van der Waals surface area contributed by atoms with Gasteiger partial charge in [0.25, 0.3) is 24.2 Å². The van der Waals surface area contributed by atoms with E-state index in [1.165, 1.54) is 18.6 Å². The smallest absolute Gasteiger partial charge is 1.00 e. The fraction of sp³-hybridized carbons (Fsp3) is 0.0833. The molecule has 0 atom stereocenters. The molecule has 76 heavy (non-hydrogen) atoms. The minimum Gasteiger partial charge on any atom is -1.00 e. The largest absolute Gasteiger partial charge is 1.00 e. The molecule has 0 unspecified atom stereocenters. The first kappa shape index (κ1) is 64.7. The number of carbonyl (C=O) groups is 4. The minimum absolute atomic E-state index is 0. The van der Waals surface area contributed by atoms with E-state index in [-0.39, 0.29) is 151 Å². The molecule has 11 rings (SSSR count). The van der Waals surface area contributed by atoms with Gasteiger partial charge in [0.1, 0.15) is 28.3 Å². The fourth-order valence-corrected chi connectivity index (χ4v) is 8.32. The number of aromatic nitrogens is 8. The summed E-state index contributed by atoms with van der Waals surface area (Å²) >= 11 is 26.8. The Bertz CT molecular complexity index is 3210. The zero-order chi connectivity index (χ0) is 54.3. The number of hydrogen-bond donors (Lipinski definition) is 2. The normalized spacial score (nSPS) is 11.8. The number of alkyl halides is 1. The third-order valence-corrected chi connectivity index (χ3v) is 12.3. The summed E-state index contributed by atoms with van der Waals surface area (Å²) in [4.78, 5) is 81.5. The van der Waals surface area contributed by atoms with E-state index in [1.807, 2.05) is 54.6 Å². The average molecular weight is 1340 g/mol. The maximum atomic E-state index is 12.6. The van der Waals surface area contributed by atoms with Crippen molar-refractivity contribution in [2.45, 2.75) is 19.6 Å². The number of carbonyl (C=O) groups excluding carboxylic acids is 4. The molecule has 0 bridgehead atoms. The molecule has 0 fully saturated rings. The number of aromatic hydroxyl groups is 1. The molecular formula is C48H36Br3Cl3FK2N11O8. The van der Waals surface area contributed by atoms with Gasteiger partial charge in [-0.2, -0.15) is 4.98 Å². The van der Waals surface area contributed by atoms with Gasteiger partial charge in [0.05, 0.1) is 34.0 Å². The zero-order valence-corrected chi connectivity index (χ0v) is 52.9. The van der Waals surface area contributed by atoms with Crippen molar-refractivity contribution in [1.29, 1.82) is 0 Å². The Morgan fingerprint density at radius 2 is 1.17 bits per heavy atom. The summed E-state index contributed by atoms with van der Waals surface area (Å²) in [6, 6.07) is 28.7. The topological polar surface area (TPSA) is 252 Å². The van der Waals surface area contributed by atoms with E-state index >= 15 is 0 Å². The second-order valence-corrected chi connectivity index (χ2v) is 17.6. The Morgan fingerprint density at radius 3 is 1.59 bits per heavy atom. The number of halogens is 7. The van der Waals surface area contributed by atoms with Crippen LogP contribution in [0, 0.1) is 0 Å². The first-order valence-corrected chi connectivity index (χ1v) is 24.1. The van der Waals surface area contributed by atoms with Gasteiger partial charge in [-0.3, -0.25) is 43.3 Å². The van der Waals surface area contributed by atoms with Gasteiger partial charge in [0.2, 0.25) is 10.6 Å². The average Bonchev–Trinajstić information content (AvgIpc) is 4.09. The number of fused-ring (bicyclic) bond motifs is 3. The van der Waals surface area contributed by atoms with Crippen molar-refractivity contribution < 1.29 is 149 Å². The molecule has 3 aliphatic heterocycles. The van der Waals surface area contributed by atoms with Crippen molar-refractivity contribution in [3.05, 3.63) is 203 Å². The predicted molar refractivity (Wildman–Crippen MR) is 281 cm³/mol. The van der Waals surface area contributed by atoms with Crippen molar-refractivity contribution in [3.63, 3.8) is 0 Å². The zero-order valence-electron chi connectivity index (χ0n) is 41.6. The third-order valence-electron chi connectivity index (χ3n) is 9.51. The van der Waals surface area contributed by atoms with Crippen molar-refractivity contribution in [3.8, 4) is 17.5 Å². The number of hydrogen-bond acceptors (Lipinski definition) is 16. The van der Waals surface area contributed by atoms with Crippen LogP contribution in [0.5, 0.6) is 17.5 Å².